The van der Waals surface area contributed by atoms with E-state index in [0.29, 0.717) is 13.0 Å². The SMILES string of the molecule is C[N+](CCC#N)=C1C=CC(=CC=C2C=C(c3ccc(Br)cc3)C=C(c3ccc(Br)cc3)O2)C=C1.F[B-](F)(F)F. The van der Waals surface area contributed by atoms with E-state index in [9.17, 15) is 17.3 Å². The first-order valence-corrected chi connectivity index (χ1v) is 13.3. The molecule has 0 spiro atoms. The molecule has 0 atom stereocenters. The number of hydrogen-bond donors (Lipinski definition) is 0. The van der Waals surface area contributed by atoms with Gasteiger partial charge in [0, 0.05) is 26.7 Å². The molecule has 0 unspecified atom stereocenters. The van der Waals surface area contributed by atoms with Crippen LogP contribution in [0.5, 0.6) is 0 Å². The summed E-state index contributed by atoms with van der Waals surface area (Å²) in [5.41, 5.74) is 5.39. The molecule has 0 saturated carbocycles. The van der Waals surface area contributed by atoms with Gasteiger partial charge in [0.05, 0.1) is 12.5 Å². The Morgan fingerprint density at radius 1 is 0.846 bits per heavy atom. The minimum atomic E-state index is -6.00. The molecule has 0 radical (unpaired) electrons. The maximum absolute atomic E-state index is 9.75. The van der Waals surface area contributed by atoms with Crippen LogP contribution in [0.15, 0.2) is 117 Å². The van der Waals surface area contributed by atoms with Gasteiger partial charge in [0.15, 0.2) is 12.3 Å². The fourth-order valence-corrected chi connectivity index (χ4v) is 4.06. The molecule has 0 saturated heterocycles. The molecule has 39 heavy (non-hydrogen) atoms. The summed E-state index contributed by atoms with van der Waals surface area (Å²) < 4.78 is 49.4. The van der Waals surface area contributed by atoms with E-state index < -0.39 is 7.25 Å². The number of halogens is 6. The largest absolute Gasteiger partial charge is 0.673 e. The highest BCUT2D eigenvalue weighted by molar-refractivity contribution is 9.10. The van der Waals surface area contributed by atoms with Crippen LogP contribution in [0.1, 0.15) is 17.5 Å². The van der Waals surface area contributed by atoms with Gasteiger partial charge in [0.2, 0.25) is 0 Å². The van der Waals surface area contributed by atoms with Crippen LogP contribution in [0.3, 0.4) is 0 Å². The summed E-state index contributed by atoms with van der Waals surface area (Å²) in [4.78, 5) is 0. The average molecular weight is 662 g/mol. The highest BCUT2D eigenvalue weighted by Gasteiger charge is 2.20. The van der Waals surface area contributed by atoms with Crippen LogP contribution in [0.4, 0.5) is 17.3 Å². The third-order valence-corrected chi connectivity index (χ3v) is 6.51. The highest BCUT2D eigenvalue weighted by atomic mass is 79.9. The second-order valence-corrected chi connectivity index (χ2v) is 10.2. The quantitative estimate of drug-likeness (QED) is 0.182. The van der Waals surface area contributed by atoms with E-state index >= 15 is 0 Å². The number of nitriles is 1. The fourth-order valence-electron chi connectivity index (χ4n) is 3.53. The maximum atomic E-state index is 9.75. The second-order valence-electron chi connectivity index (χ2n) is 8.38. The van der Waals surface area contributed by atoms with E-state index in [0.717, 1.165) is 48.4 Å². The first-order chi connectivity index (χ1) is 18.5. The molecule has 10 heteroatoms. The van der Waals surface area contributed by atoms with Crippen molar-refractivity contribution in [3.63, 3.8) is 0 Å². The Bertz CT molecular complexity index is 1420. The standard InChI is InChI=1S/C29H23Br2N2O.BF4/c1-33(18-2-17-32)27-14-3-21(4-15-27)5-16-28-19-24(22-6-10-25(30)11-7-22)20-29(34-28)23-8-12-26(31)13-9-23;2-1(3,4)5/h3-16,19-20H,2,18H2,1H3;/q+1;-1. The van der Waals surface area contributed by atoms with Crippen molar-refractivity contribution in [2.45, 2.75) is 6.42 Å². The van der Waals surface area contributed by atoms with Crippen LogP contribution >= 0.6 is 31.9 Å². The lowest BCUT2D eigenvalue weighted by Gasteiger charge is -2.18. The van der Waals surface area contributed by atoms with Crippen molar-refractivity contribution in [2.24, 2.45) is 0 Å². The lowest BCUT2D eigenvalue weighted by molar-refractivity contribution is -0.494. The van der Waals surface area contributed by atoms with Crippen LogP contribution < -0.4 is 0 Å². The lowest BCUT2D eigenvalue weighted by atomic mass is 10.0. The first-order valence-electron chi connectivity index (χ1n) is 11.8. The zero-order valence-corrected chi connectivity index (χ0v) is 24.0. The van der Waals surface area contributed by atoms with Crippen molar-refractivity contribution in [1.29, 1.82) is 5.26 Å². The summed E-state index contributed by atoms with van der Waals surface area (Å²) in [7, 11) is -4.00. The summed E-state index contributed by atoms with van der Waals surface area (Å²) in [5, 5.41) is 8.79. The van der Waals surface area contributed by atoms with Crippen molar-refractivity contribution in [3.8, 4) is 6.07 Å². The number of nitrogens with zero attached hydrogens (tertiary/aromatic N) is 2. The first kappa shape index (κ1) is 30.1. The molecular formula is C29H23BBr2F4N2O. The Balaban J connectivity index is 0.000000771. The third-order valence-electron chi connectivity index (χ3n) is 5.45. The monoisotopic (exact) mass is 660 g/mol. The van der Waals surface area contributed by atoms with E-state index in [1.165, 1.54) is 0 Å². The van der Waals surface area contributed by atoms with E-state index in [2.05, 4.69) is 97.2 Å². The normalized spacial score (nSPS) is 15.5. The van der Waals surface area contributed by atoms with Gasteiger partial charge in [0.25, 0.3) is 0 Å². The maximum Gasteiger partial charge on any atom is 0.673 e. The molecule has 0 N–H and O–H groups in total. The van der Waals surface area contributed by atoms with Crippen molar-refractivity contribution in [2.75, 3.05) is 13.6 Å². The molecule has 2 aromatic rings. The number of allylic oxidation sites excluding steroid dienone is 10. The summed E-state index contributed by atoms with van der Waals surface area (Å²) >= 11 is 7.02. The summed E-state index contributed by atoms with van der Waals surface area (Å²) in [6, 6.07) is 18.6. The van der Waals surface area contributed by atoms with Crippen molar-refractivity contribution in [1.82, 2.24) is 0 Å². The zero-order chi connectivity index (χ0) is 28.4. The Labute approximate surface area is 241 Å². The molecule has 3 nitrogen and oxygen atoms in total. The minimum absolute atomic E-state index is 0.509. The summed E-state index contributed by atoms with van der Waals surface area (Å²) in [6.07, 6.45) is 17.0. The molecule has 1 aliphatic heterocycles. The Hall–Kier alpha value is -3.42. The predicted molar refractivity (Wildman–Crippen MR) is 156 cm³/mol. The molecular weight excluding hydrogens is 639 g/mol. The molecule has 0 fully saturated rings. The predicted octanol–water partition coefficient (Wildman–Crippen LogP) is 8.90. The van der Waals surface area contributed by atoms with Crippen LogP contribution in [0.2, 0.25) is 0 Å². The zero-order valence-electron chi connectivity index (χ0n) is 20.8. The number of rotatable bonds is 5. The van der Waals surface area contributed by atoms with Gasteiger partial charge >= 0.3 is 7.25 Å². The van der Waals surface area contributed by atoms with Gasteiger partial charge < -0.3 is 22.0 Å². The van der Waals surface area contributed by atoms with E-state index in [4.69, 9.17) is 10.00 Å². The topological polar surface area (TPSA) is 36.0 Å². The van der Waals surface area contributed by atoms with Crippen LogP contribution in [0, 0.1) is 11.3 Å². The van der Waals surface area contributed by atoms with Gasteiger partial charge in [-0.1, -0.05) is 62.2 Å². The van der Waals surface area contributed by atoms with Gasteiger partial charge in [0.1, 0.15) is 18.6 Å². The van der Waals surface area contributed by atoms with Gasteiger partial charge in [-0.05, 0) is 71.4 Å². The Morgan fingerprint density at radius 2 is 1.38 bits per heavy atom. The van der Waals surface area contributed by atoms with Crippen LogP contribution in [0.25, 0.3) is 11.3 Å². The third kappa shape index (κ3) is 10.3. The number of benzene rings is 2. The van der Waals surface area contributed by atoms with E-state index in [1.807, 2.05) is 49.5 Å². The highest BCUT2D eigenvalue weighted by Crippen LogP contribution is 2.33. The smallest absolute Gasteiger partial charge is 0.457 e. The molecule has 1 aliphatic carbocycles. The molecule has 4 rings (SSSR count). The van der Waals surface area contributed by atoms with E-state index in [-0.39, 0.29) is 0 Å². The van der Waals surface area contributed by atoms with Gasteiger partial charge in [-0.3, -0.25) is 0 Å². The lowest BCUT2D eigenvalue weighted by Crippen LogP contribution is -2.16. The van der Waals surface area contributed by atoms with Crippen molar-refractivity contribution >= 4 is 56.2 Å². The molecule has 0 bridgehead atoms. The molecule has 2 aliphatic rings. The van der Waals surface area contributed by atoms with Crippen molar-refractivity contribution < 1.29 is 26.6 Å². The van der Waals surface area contributed by atoms with E-state index in [1.54, 1.807) is 0 Å². The minimum Gasteiger partial charge on any atom is -0.457 e. The number of ether oxygens (including phenoxy) is 1. The van der Waals surface area contributed by atoms with Gasteiger partial charge in [-0.25, -0.2) is 4.58 Å². The van der Waals surface area contributed by atoms with Crippen LogP contribution in [-0.4, -0.2) is 31.1 Å². The number of hydrogen-bond acceptors (Lipinski definition) is 2. The fraction of sp³-hybridized carbons (Fsp3) is 0.103. The second kappa shape index (κ2) is 14.1. The Kier molecular flexibility index (Phi) is 10.9. The van der Waals surface area contributed by atoms with Crippen molar-refractivity contribution in [3.05, 3.63) is 129 Å². The molecule has 0 aromatic heterocycles. The average Bonchev–Trinajstić information content (AvgIpc) is 2.90. The Morgan fingerprint density at radius 3 is 1.92 bits per heavy atom. The van der Waals surface area contributed by atoms with Gasteiger partial charge in [-0.15, -0.1) is 0 Å². The summed E-state index contributed by atoms with van der Waals surface area (Å²) in [6.45, 7) is 0.715. The molecule has 1 heterocycles. The van der Waals surface area contributed by atoms with Gasteiger partial charge in [-0.2, -0.15) is 5.26 Å². The molecule has 200 valence electrons. The summed E-state index contributed by atoms with van der Waals surface area (Å²) in [5.74, 6) is 1.58. The van der Waals surface area contributed by atoms with Crippen LogP contribution in [-0.2, 0) is 4.74 Å². The molecule has 0 amide bonds. The molecule has 2 aromatic carbocycles.